The van der Waals surface area contributed by atoms with Crippen LogP contribution >= 0.6 is 0 Å². The summed E-state index contributed by atoms with van der Waals surface area (Å²) < 4.78 is 5.35. The second-order valence-corrected chi connectivity index (χ2v) is 8.95. The lowest BCUT2D eigenvalue weighted by Gasteiger charge is -2.30. The number of rotatable bonds is 19. The fraction of sp³-hybridized carbons (Fsp3) is 0.923. The van der Waals surface area contributed by atoms with E-state index in [-0.39, 0.29) is 0 Å². The van der Waals surface area contributed by atoms with Crippen LogP contribution in [0.1, 0.15) is 125 Å². The SMILES string of the molecule is CCCCCCCCOC(=O)C(=O)N(CC(CC)CCCC)CC(CC)CCCC. The van der Waals surface area contributed by atoms with E-state index in [2.05, 4.69) is 34.6 Å². The zero-order valence-corrected chi connectivity index (χ0v) is 20.8. The lowest BCUT2D eigenvalue weighted by Crippen LogP contribution is -2.43. The fourth-order valence-electron chi connectivity index (χ4n) is 3.94. The molecule has 0 rings (SSSR count). The highest BCUT2D eigenvalue weighted by molar-refractivity contribution is 6.32. The van der Waals surface area contributed by atoms with Gasteiger partial charge in [0.05, 0.1) is 6.61 Å². The van der Waals surface area contributed by atoms with Crippen LogP contribution in [0.15, 0.2) is 0 Å². The quantitative estimate of drug-likeness (QED) is 0.125. The fourth-order valence-corrected chi connectivity index (χ4v) is 3.94. The van der Waals surface area contributed by atoms with Crippen molar-refractivity contribution in [3.63, 3.8) is 0 Å². The van der Waals surface area contributed by atoms with Crippen molar-refractivity contribution in [1.29, 1.82) is 0 Å². The van der Waals surface area contributed by atoms with E-state index in [9.17, 15) is 9.59 Å². The zero-order chi connectivity index (χ0) is 22.6. The molecule has 2 atom stereocenters. The molecule has 0 saturated carbocycles. The molecule has 2 unspecified atom stereocenters. The number of carbonyl (C=O) groups excluding carboxylic acids is 2. The van der Waals surface area contributed by atoms with Gasteiger partial charge in [0.2, 0.25) is 0 Å². The van der Waals surface area contributed by atoms with Crippen LogP contribution in [0.2, 0.25) is 0 Å². The van der Waals surface area contributed by atoms with E-state index in [0.29, 0.717) is 31.5 Å². The maximum absolute atomic E-state index is 13.0. The Morgan fingerprint density at radius 3 is 1.60 bits per heavy atom. The maximum atomic E-state index is 13.0. The molecule has 178 valence electrons. The molecular weight excluding hydrogens is 374 g/mol. The second kappa shape index (κ2) is 19.9. The van der Waals surface area contributed by atoms with Crippen LogP contribution in [-0.4, -0.2) is 36.5 Å². The first kappa shape index (κ1) is 28.9. The zero-order valence-electron chi connectivity index (χ0n) is 20.8. The van der Waals surface area contributed by atoms with E-state index in [0.717, 1.165) is 38.5 Å². The third-order valence-electron chi connectivity index (χ3n) is 6.24. The van der Waals surface area contributed by atoms with Gasteiger partial charge in [-0.25, -0.2) is 4.79 Å². The van der Waals surface area contributed by atoms with Gasteiger partial charge in [0, 0.05) is 13.1 Å². The van der Waals surface area contributed by atoms with Crippen LogP contribution in [0.3, 0.4) is 0 Å². The van der Waals surface area contributed by atoms with E-state index in [1.807, 2.05) is 4.90 Å². The number of unbranched alkanes of at least 4 members (excludes halogenated alkanes) is 7. The van der Waals surface area contributed by atoms with Crippen molar-refractivity contribution >= 4 is 11.9 Å². The summed E-state index contributed by atoms with van der Waals surface area (Å²) >= 11 is 0. The molecule has 0 aromatic carbocycles. The summed E-state index contributed by atoms with van der Waals surface area (Å²) in [5.41, 5.74) is 0. The molecule has 0 heterocycles. The minimum Gasteiger partial charge on any atom is -0.459 e. The molecule has 0 N–H and O–H groups in total. The summed E-state index contributed by atoms with van der Waals surface area (Å²) in [6, 6.07) is 0. The Bertz CT molecular complexity index is 407. The van der Waals surface area contributed by atoms with Crippen LogP contribution < -0.4 is 0 Å². The highest BCUT2D eigenvalue weighted by atomic mass is 16.5. The summed E-state index contributed by atoms with van der Waals surface area (Å²) in [5, 5.41) is 0. The van der Waals surface area contributed by atoms with E-state index in [4.69, 9.17) is 4.74 Å². The number of esters is 1. The highest BCUT2D eigenvalue weighted by Gasteiger charge is 2.27. The largest absolute Gasteiger partial charge is 0.459 e. The number of carbonyl (C=O) groups is 2. The average Bonchev–Trinajstić information content (AvgIpc) is 2.76. The predicted molar refractivity (Wildman–Crippen MR) is 128 cm³/mol. The molecule has 4 nitrogen and oxygen atoms in total. The topological polar surface area (TPSA) is 46.6 Å². The number of hydrogen-bond donors (Lipinski definition) is 0. The molecule has 1 amide bonds. The number of amides is 1. The number of hydrogen-bond acceptors (Lipinski definition) is 3. The van der Waals surface area contributed by atoms with Crippen molar-refractivity contribution in [3.05, 3.63) is 0 Å². The van der Waals surface area contributed by atoms with E-state index in [1.54, 1.807) is 0 Å². The summed E-state index contributed by atoms with van der Waals surface area (Å²) in [4.78, 5) is 27.2. The van der Waals surface area contributed by atoms with Crippen molar-refractivity contribution in [1.82, 2.24) is 4.90 Å². The van der Waals surface area contributed by atoms with Crippen LogP contribution in [-0.2, 0) is 14.3 Å². The van der Waals surface area contributed by atoms with Crippen LogP contribution in [0.5, 0.6) is 0 Å². The third-order valence-corrected chi connectivity index (χ3v) is 6.24. The first-order valence-electron chi connectivity index (χ1n) is 13.0. The van der Waals surface area contributed by atoms with Crippen molar-refractivity contribution in [3.8, 4) is 0 Å². The van der Waals surface area contributed by atoms with Gasteiger partial charge in [0.25, 0.3) is 0 Å². The van der Waals surface area contributed by atoms with E-state index in [1.165, 1.54) is 51.4 Å². The summed E-state index contributed by atoms with van der Waals surface area (Å²) in [6.45, 7) is 12.7. The molecule has 0 aliphatic rings. The van der Waals surface area contributed by atoms with Crippen LogP contribution in [0.25, 0.3) is 0 Å². The molecule has 0 aromatic rings. The van der Waals surface area contributed by atoms with Gasteiger partial charge in [-0.05, 0) is 31.1 Å². The molecule has 30 heavy (non-hydrogen) atoms. The number of ether oxygens (including phenoxy) is 1. The Labute approximate surface area is 187 Å². The summed E-state index contributed by atoms with van der Waals surface area (Å²) in [6.07, 6.45) is 15.8. The van der Waals surface area contributed by atoms with Gasteiger partial charge in [-0.3, -0.25) is 4.79 Å². The van der Waals surface area contributed by atoms with Gasteiger partial charge in [0.1, 0.15) is 0 Å². The smallest absolute Gasteiger partial charge is 0.397 e. The standard InChI is InChI=1S/C26H51NO3/c1-6-11-14-15-16-17-20-30-26(29)25(28)27(21-23(9-4)18-12-7-2)22-24(10-5)19-13-8-3/h23-24H,6-22H2,1-5H3. The average molecular weight is 426 g/mol. The lowest BCUT2D eigenvalue weighted by molar-refractivity contribution is -0.161. The molecule has 4 heteroatoms. The Morgan fingerprint density at radius 1 is 0.667 bits per heavy atom. The van der Waals surface area contributed by atoms with Gasteiger partial charge >= 0.3 is 11.9 Å². The molecule has 0 radical (unpaired) electrons. The minimum absolute atomic E-state index is 0.366. The van der Waals surface area contributed by atoms with E-state index < -0.39 is 11.9 Å². The number of nitrogens with zero attached hydrogens (tertiary/aromatic N) is 1. The second-order valence-electron chi connectivity index (χ2n) is 8.95. The molecule has 0 aliphatic heterocycles. The summed E-state index contributed by atoms with van der Waals surface area (Å²) in [5.74, 6) is -0.155. The Kier molecular flexibility index (Phi) is 19.2. The first-order valence-corrected chi connectivity index (χ1v) is 13.0. The highest BCUT2D eigenvalue weighted by Crippen LogP contribution is 2.19. The van der Waals surface area contributed by atoms with Crippen LogP contribution in [0.4, 0.5) is 0 Å². The van der Waals surface area contributed by atoms with Gasteiger partial charge in [-0.2, -0.15) is 0 Å². The predicted octanol–water partition coefficient (Wildman–Crippen LogP) is 7.15. The van der Waals surface area contributed by atoms with Crippen LogP contribution in [0, 0.1) is 11.8 Å². The van der Waals surface area contributed by atoms with Crippen molar-refractivity contribution in [2.24, 2.45) is 11.8 Å². The molecule has 0 fully saturated rings. The summed E-state index contributed by atoms with van der Waals surface area (Å²) in [7, 11) is 0. The monoisotopic (exact) mass is 425 g/mol. The first-order chi connectivity index (χ1) is 14.5. The van der Waals surface area contributed by atoms with Gasteiger partial charge < -0.3 is 9.64 Å². The Morgan fingerprint density at radius 2 is 1.13 bits per heavy atom. The normalized spacial score (nSPS) is 13.1. The Balaban J connectivity index is 4.78. The van der Waals surface area contributed by atoms with Gasteiger partial charge in [-0.1, -0.05) is 105 Å². The maximum Gasteiger partial charge on any atom is 0.397 e. The molecule has 0 saturated heterocycles. The molecule has 0 spiro atoms. The lowest BCUT2D eigenvalue weighted by atomic mass is 9.95. The Hall–Kier alpha value is -1.06. The molecule has 0 bridgehead atoms. The molecule has 0 aromatic heterocycles. The third kappa shape index (κ3) is 14.0. The van der Waals surface area contributed by atoms with Crippen molar-refractivity contribution in [2.45, 2.75) is 125 Å². The van der Waals surface area contributed by atoms with Crippen molar-refractivity contribution < 1.29 is 14.3 Å². The minimum atomic E-state index is -0.653. The van der Waals surface area contributed by atoms with E-state index >= 15 is 0 Å². The van der Waals surface area contributed by atoms with Gasteiger partial charge in [0.15, 0.2) is 0 Å². The molecular formula is C26H51NO3. The van der Waals surface area contributed by atoms with Crippen molar-refractivity contribution in [2.75, 3.05) is 19.7 Å². The molecule has 0 aliphatic carbocycles. The van der Waals surface area contributed by atoms with Gasteiger partial charge in [-0.15, -0.1) is 0 Å².